The molecule has 3 aromatic carbocycles. The normalized spacial score (nSPS) is 10.5. The Labute approximate surface area is 197 Å². The summed E-state index contributed by atoms with van der Waals surface area (Å²) < 4.78 is 5.52. The smallest absolute Gasteiger partial charge is 0.268 e. The lowest BCUT2D eigenvalue weighted by Gasteiger charge is -2.20. The maximum atomic E-state index is 13.2. The molecule has 0 spiro atoms. The highest BCUT2D eigenvalue weighted by atomic mass is 32.1. The van der Waals surface area contributed by atoms with Crippen molar-refractivity contribution in [1.29, 1.82) is 0 Å². The molecular weight excluding hydrogens is 432 g/mol. The first-order chi connectivity index (χ1) is 16.1. The van der Waals surface area contributed by atoms with Crippen LogP contribution in [-0.2, 0) is 6.42 Å². The summed E-state index contributed by atoms with van der Waals surface area (Å²) in [6.45, 7) is 0. The number of nitrogens with zero attached hydrogens (tertiary/aromatic N) is 1. The Hall–Kier alpha value is -3.90. The summed E-state index contributed by atoms with van der Waals surface area (Å²) in [5.41, 5.74) is 3.75. The summed E-state index contributed by atoms with van der Waals surface area (Å²) in [7, 11) is 3.32. The van der Waals surface area contributed by atoms with Crippen LogP contribution in [0.2, 0.25) is 0 Å². The van der Waals surface area contributed by atoms with Gasteiger partial charge in [0.05, 0.1) is 23.2 Å². The summed E-state index contributed by atoms with van der Waals surface area (Å²) in [5, 5.41) is 4.83. The molecule has 0 unspecified atom stereocenters. The van der Waals surface area contributed by atoms with E-state index in [-0.39, 0.29) is 11.8 Å². The SMILES string of the molecule is COc1ccc(NC(=O)c2ccccc2N(C)C(=O)c2cccs2)cc1Cc1ccccc1. The molecule has 0 saturated carbocycles. The Bertz CT molecular complexity index is 1250. The first kappa shape index (κ1) is 22.3. The number of hydrogen-bond donors (Lipinski definition) is 1. The third kappa shape index (κ3) is 5.13. The standard InChI is InChI=1S/C27H24N2O3S/c1-29(27(31)25-13-8-16-33-25)23-12-7-6-11-22(23)26(30)28-21-14-15-24(32-2)20(18-21)17-19-9-4-3-5-10-19/h3-16,18H,17H2,1-2H3,(H,28,30). The van der Waals surface area contributed by atoms with Crippen LogP contribution in [0.15, 0.2) is 90.3 Å². The van der Waals surface area contributed by atoms with Gasteiger partial charge >= 0.3 is 0 Å². The van der Waals surface area contributed by atoms with Crippen molar-refractivity contribution in [3.8, 4) is 5.75 Å². The van der Waals surface area contributed by atoms with E-state index in [1.807, 2.05) is 53.9 Å². The fraction of sp³-hybridized carbons (Fsp3) is 0.111. The number of methoxy groups -OCH3 is 1. The predicted octanol–water partition coefficient (Wildman–Crippen LogP) is 5.88. The zero-order valence-corrected chi connectivity index (χ0v) is 19.3. The number of anilines is 2. The van der Waals surface area contributed by atoms with Crippen molar-refractivity contribution in [2.45, 2.75) is 6.42 Å². The molecule has 0 saturated heterocycles. The third-order valence-corrected chi connectivity index (χ3v) is 6.18. The molecule has 1 heterocycles. The van der Waals surface area contributed by atoms with E-state index < -0.39 is 0 Å². The number of nitrogens with one attached hydrogen (secondary N) is 1. The van der Waals surface area contributed by atoms with Gasteiger partial charge in [-0.15, -0.1) is 11.3 Å². The Kier molecular flexibility index (Phi) is 6.86. The van der Waals surface area contributed by atoms with Crippen molar-refractivity contribution in [2.24, 2.45) is 0 Å². The minimum Gasteiger partial charge on any atom is -0.496 e. The minimum atomic E-state index is -0.285. The van der Waals surface area contributed by atoms with Gasteiger partial charge in [-0.3, -0.25) is 9.59 Å². The molecule has 1 aromatic heterocycles. The molecule has 4 rings (SSSR count). The van der Waals surface area contributed by atoms with E-state index in [1.165, 1.54) is 16.2 Å². The van der Waals surface area contributed by atoms with Crippen LogP contribution < -0.4 is 15.0 Å². The summed E-state index contributed by atoms with van der Waals surface area (Å²) in [4.78, 5) is 28.1. The van der Waals surface area contributed by atoms with Crippen LogP contribution in [0.4, 0.5) is 11.4 Å². The summed E-state index contributed by atoms with van der Waals surface area (Å²) in [5.74, 6) is 0.325. The average molecular weight is 457 g/mol. The zero-order chi connectivity index (χ0) is 23.2. The molecule has 0 fully saturated rings. The lowest BCUT2D eigenvalue weighted by atomic mass is 10.0. The van der Waals surface area contributed by atoms with Crippen molar-refractivity contribution in [3.05, 3.63) is 112 Å². The fourth-order valence-corrected chi connectivity index (χ4v) is 4.34. The number of thiophene rings is 1. The number of carbonyl (C=O) groups excluding carboxylic acids is 2. The quantitative estimate of drug-likeness (QED) is 0.378. The molecule has 5 nitrogen and oxygen atoms in total. The van der Waals surface area contributed by atoms with E-state index in [0.29, 0.717) is 28.2 Å². The third-order valence-electron chi connectivity index (χ3n) is 5.32. The molecule has 6 heteroatoms. The topological polar surface area (TPSA) is 58.6 Å². The van der Waals surface area contributed by atoms with Gasteiger partial charge in [0.25, 0.3) is 11.8 Å². The number of benzene rings is 3. The van der Waals surface area contributed by atoms with E-state index in [9.17, 15) is 9.59 Å². The first-order valence-corrected chi connectivity index (χ1v) is 11.4. The number of amides is 2. The highest BCUT2D eigenvalue weighted by Gasteiger charge is 2.20. The van der Waals surface area contributed by atoms with E-state index in [2.05, 4.69) is 17.4 Å². The van der Waals surface area contributed by atoms with Crippen molar-refractivity contribution >= 4 is 34.5 Å². The minimum absolute atomic E-state index is 0.153. The second kappa shape index (κ2) is 10.1. The van der Waals surface area contributed by atoms with Crippen molar-refractivity contribution in [1.82, 2.24) is 0 Å². The monoisotopic (exact) mass is 456 g/mol. The molecule has 0 aliphatic heterocycles. The van der Waals surface area contributed by atoms with Crippen LogP contribution in [-0.4, -0.2) is 26.0 Å². The second-order valence-electron chi connectivity index (χ2n) is 7.50. The molecule has 2 amide bonds. The molecule has 0 bridgehead atoms. The van der Waals surface area contributed by atoms with Crippen LogP contribution in [0.1, 0.15) is 31.2 Å². The second-order valence-corrected chi connectivity index (χ2v) is 8.45. The van der Waals surface area contributed by atoms with Gasteiger partial charge in [-0.1, -0.05) is 48.5 Å². The molecule has 0 aliphatic rings. The van der Waals surface area contributed by atoms with Crippen molar-refractivity contribution < 1.29 is 14.3 Å². The van der Waals surface area contributed by atoms with E-state index in [1.54, 1.807) is 38.4 Å². The van der Waals surface area contributed by atoms with Crippen LogP contribution in [0.3, 0.4) is 0 Å². The Balaban J connectivity index is 1.58. The number of ether oxygens (including phenoxy) is 1. The van der Waals surface area contributed by atoms with Gasteiger partial charge in [0.1, 0.15) is 5.75 Å². The summed E-state index contributed by atoms with van der Waals surface area (Å²) in [6, 6.07) is 26.4. The molecule has 1 N–H and O–H groups in total. The Morgan fingerprint density at radius 3 is 2.42 bits per heavy atom. The summed E-state index contributed by atoms with van der Waals surface area (Å²) in [6.07, 6.45) is 0.683. The molecule has 166 valence electrons. The molecule has 4 aromatic rings. The zero-order valence-electron chi connectivity index (χ0n) is 18.4. The molecular formula is C27H24N2O3S. The van der Waals surface area contributed by atoms with Crippen LogP contribution >= 0.6 is 11.3 Å². The molecule has 0 radical (unpaired) electrons. The van der Waals surface area contributed by atoms with Gasteiger partial charge in [0.15, 0.2) is 0 Å². The van der Waals surface area contributed by atoms with Crippen LogP contribution in [0.25, 0.3) is 0 Å². The van der Waals surface area contributed by atoms with Gasteiger partial charge < -0.3 is 15.0 Å². The van der Waals surface area contributed by atoms with Gasteiger partial charge in [-0.2, -0.15) is 0 Å². The highest BCUT2D eigenvalue weighted by Crippen LogP contribution is 2.27. The maximum Gasteiger partial charge on any atom is 0.268 e. The van der Waals surface area contributed by atoms with Crippen LogP contribution in [0, 0.1) is 0 Å². The highest BCUT2D eigenvalue weighted by molar-refractivity contribution is 7.12. The largest absolute Gasteiger partial charge is 0.496 e. The van der Waals surface area contributed by atoms with Crippen molar-refractivity contribution in [2.75, 3.05) is 24.4 Å². The summed E-state index contributed by atoms with van der Waals surface area (Å²) >= 11 is 1.37. The molecule has 33 heavy (non-hydrogen) atoms. The van der Waals surface area contributed by atoms with Gasteiger partial charge in [-0.05, 0) is 47.3 Å². The number of para-hydroxylation sites is 1. The fourth-order valence-electron chi connectivity index (χ4n) is 3.64. The number of carbonyl (C=O) groups is 2. The van der Waals surface area contributed by atoms with E-state index >= 15 is 0 Å². The Morgan fingerprint density at radius 1 is 0.939 bits per heavy atom. The van der Waals surface area contributed by atoms with Gasteiger partial charge in [0.2, 0.25) is 0 Å². The number of hydrogen-bond acceptors (Lipinski definition) is 4. The average Bonchev–Trinajstić information content (AvgIpc) is 3.39. The van der Waals surface area contributed by atoms with Crippen LogP contribution in [0.5, 0.6) is 5.75 Å². The van der Waals surface area contributed by atoms with E-state index in [4.69, 9.17) is 4.74 Å². The lowest BCUT2D eigenvalue weighted by Crippen LogP contribution is -2.28. The Morgan fingerprint density at radius 2 is 1.70 bits per heavy atom. The molecule has 0 atom stereocenters. The first-order valence-electron chi connectivity index (χ1n) is 10.5. The van der Waals surface area contributed by atoms with Gasteiger partial charge in [-0.25, -0.2) is 0 Å². The number of rotatable bonds is 7. The van der Waals surface area contributed by atoms with Gasteiger partial charge in [0, 0.05) is 24.7 Å². The predicted molar refractivity (Wildman–Crippen MR) is 134 cm³/mol. The van der Waals surface area contributed by atoms with E-state index in [0.717, 1.165) is 16.9 Å². The van der Waals surface area contributed by atoms with Crippen molar-refractivity contribution in [3.63, 3.8) is 0 Å². The maximum absolute atomic E-state index is 13.2. The lowest BCUT2D eigenvalue weighted by molar-refractivity contribution is 0.0996. The molecule has 0 aliphatic carbocycles.